The number of nitrogens with zero attached hydrogens (tertiary/aromatic N) is 4. The van der Waals surface area contributed by atoms with Crippen LogP contribution in [-0.4, -0.2) is 31.9 Å². The van der Waals surface area contributed by atoms with Crippen LogP contribution in [0, 0.1) is 17.8 Å². The van der Waals surface area contributed by atoms with Gasteiger partial charge in [-0.05, 0) is 44.2 Å². The molecule has 1 aliphatic rings. The Balaban J connectivity index is 1.52. The van der Waals surface area contributed by atoms with Crippen LogP contribution >= 0.6 is 0 Å². The first-order chi connectivity index (χ1) is 14.3. The Morgan fingerprint density at radius 1 is 1.37 bits per heavy atom. The smallest absolute Gasteiger partial charge is 0.246 e. The molecule has 0 aliphatic heterocycles. The molecule has 2 atom stereocenters. The largest absolute Gasteiger partial charge is 0.342 e. The van der Waals surface area contributed by atoms with Crippen LogP contribution < -0.4 is 5.43 Å². The lowest BCUT2D eigenvalue weighted by Gasteiger charge is -2.39. The molecule has 1 saturated carbocycles. The summed E-state index contributed by atoms with van der Waals surface area (Å²) in [6.45, 7) is 11.1. The minimum atomic E-state index is -0.545. The number of rotatable bonds is 5. The number of fused-ring (bicyclic) bond motifs is 1. The number of para-hydroxylation sites is 2. The SMILES string of the molecule is CCn1cc(/C=N\NC(=O)[C@]2(C)CC[C@@H](c3nc4ccccc4[nH]3)C2(C)C)c(C)n1. The van der Waals surface area contributed by atoms with Gasteiger partial charge in [0.15, 0.2) is 0 Å². The van der Waals surface area contributed by atoms with Gasteiger partial charge in [-0.25, -0.2) is 10.4 Å². The molecule has 0 unspecified atom stereocenters. The predicted molar refractivity (Wildman–Crippen MR) is 118 cm³/mol. The Morgan fingerprint density at radius 2 is 2.13 bits per heavy atom. The molecular weight excluding hydrogens is 376 g/mol. The quantitative estimate of drug-likeness (QED) is 0.493. The summed E-state index contributed by atoms with van der Waals surface area (Å²) in [5.74, 6) is 1.08. The number of carbonyl (C=O) groups excluding carboxylic acids is 1. The second-order valence-electron chi connectivity index (χ2n) is 9.01. The molecule has 7 nitrogen and oxygen atoms in total. The zero-order valence-electron chi connectivity index (χ0n) is 18.4. The molecule has 0 spiro atoms. The van der Waals surface area contributed by atoms with E-state index in [9.17, 15) is 4.79 Å². The fraction of sp³-hybridized carbons (Fsp3) is 0.478. The van der Waals surface area contributed by atoms with Crippen LogP contribution in [0.15, 0.2) is 35.6 Å². The number of aryl methyl sites for hydroxylation is 2. The number of benzene rings is 1. The van der Waals surface area contributed by atoms with Gasteiger partial charge in [-0.1, -0.05) is 32.9 Å². The van der Waals surface area contributed by atoms with Gasteiger partial charge < -0.3 is 4.98 Å². The number of amides is 1. The third kappa shape index (κ3) is 3.22. The summed E-state index contributed by atoms with van der Waals surface area (Å²) in [6, 6.07) is 8.05. The van der Waals surface area contributed by atoms with Gasteiger partial charge in [0.2, 0.25) is 5.91 Å². The Kier molecular flexibility index (Phi) is 5.00. The maximum absolute atomic E-state index is 13.2. The fourth-order valence-corrected chi connectivity index (χ4v) is 4.63. The summed E-state index contributed by atoms with van der Waals surface area (Å²) in [4.78, 5) is 21.5. The number of imidazole rings is 1. The van der Waals surface area contributed by atoms with Crippen LogP contribution in [0.2, 0.25) is 0 Å². The van der Waals surface area contributed by atoms with Crippen molar-refractivity contribution in [2.45, 2.75) is 59.9 Å². The lowest BCUT2D eigenvalue weighted by atomic mass is 9.65. The molecule has 2 N–H and O–H groups in total. The monoisotopic (exact) mass is 406 g/mol. The topological polar surface area (TPSA) is 88.0 Å². The standard InChI is InChI=1S/C23H30N6O/c1-6-29-14-16(15(2)28-29)13-24-27-21(30)23(5)12-11-17(22(23,3)4)20-25-18-9-7-8-10-19(18)26-20/h7-10,13-14,17H,6,11-12H2,1-5H3,(H,25,26)(H,27,30)/b24-13-/t17-,23-/m0/s1. The van der Waals surface area contributed by atoms with E-state index in [1.807, 2.05) is 55.9 Å². The van der Waals surface area contributed by atoms with Gasteiger partial charge in [-0.15, -0.1) is 0 Å². The highest BCUT2D eigenvalue weighted by molar-refractivity contribution is 5.86. The number of H-pyrrole nitrogens is 1. The zero-order chi connectivity index (χ0) is 21.5. The molecule has 1 aliphatic carbocycles. The third-order valence-corrected chi connectivity index (χ3v) is 7.14. The van der Waals surface area contributed by atoms with E-state index in [0.29, 0.717) is 0 Å². The molecule has 1 amide bonds. The first-order valence-corrected chi connectivity index (χ1v) is 10.6. The van der Waals surface area contributed by atoms with Crippen molar-refractivity contribution >= 4 is 23.2 Å². The van der Waals surface area contributed by atoms with Crippen LogP contribution in [0.1, 0.15) is 63.5 Å². The highest BCUT2D eigenvalue weighted by Gasteiger charge is 2.57. The molecule has 0 bridgehead atoms. The van der Waals surface area contributed by atoms with Crippen molar-refractivity contribution in [1.29, 1.82) is 0 Å². The van der Waals surface area contributed by atoms with Gasteiger partial charge in [0.25, 0.3) is 0 Å². The Hall–Kier alpha value is -2.96. The molecule has 3 aromatic rings. The maximum Gasteiger partial charge on any atom is 0.246 e. The molecule has 4 rings (SSSR count). The van der Waals surface area contributed by atoms with E-state index < -0.39 is 5.41 Å². The molecule has 0 saturated heterocycles. The fourth-order valence-electron chi connectivity index (χ4n) is 4.63. The summed E-state index contributed by atoms with van der Waals surface area (Å²) < 4.78 is 1.86. The van der Waals surface area contributed by atoms with Crippen molar-refractivity contribution in [3.8, 4) is 0 Å². The van der Waals surface area contributed by atoms with Gasteiger partial charge in [-0.2, -0.15) is 10.2 Å². The van der Waals surface area contributed by atoms with Crippen molar-refractivity contribution in [1.82, 2.24) is 25.2 Å². The third-order valence-electron chi connectivity index (χ3n) is 7.14. The summed E-state index contributed by atoms with van der Waals surface area (Å²) >= 11 is 0. The van der Waals surface area contributed by atoms with Crippen LogP contribution in [0.4, 0.5) is 0 Å². The molecule has 158 valence electrons. The molecule has 2 aromatic heterocycles. The first-order valence-electron chi connectivity index (χ1n) is 10.6. The number of hydrogen-bond acceptors (Lipinski definition) is 4. The van der Waals surface area contributed by atoms with E-state index in [4.69, 9.17) is 4.98 Å². The van der Waals surface area contributed by atoms with E-state index in [0.717, 1.165) is 47.5 Å². The number of aromatic amines is 1. The van der Waals surface area contributed by atoms with E-state index in [1.165, 1.54) is 0 Å². The number of aromatic nitrogens is 4. The molecule has 7 heteroatoms. The summed E-state index contributed by atoms with van der Waals surface area (Å²) in [6.07, 6.45) is 5.30. The van der Waals surface area contributed by atoms with Crippen molar-refractivity contribution in [2.75, 3.05) is 0 Å². The number of hydrazone groups is 1. The van der Waals surface area contributed by atoms with Crippen molar-refractivity contribution in [3.63, 3.8) is 0 Å². The molecule has 30 heavy (non-hydrogen) atoms. The number of carbonyl (C=O) groups is 1. The molecule has 2 heterocycles. The number of hydrogen-bond donors (Lipinski definition) is 2. The van der Waals surface area contributed by atoms with E-state index in [2.05, 4.69) is 34.5 Å². The Bertz CT molecular complexity index is 1080. The first kappa shape index (κ1) is 20.3. The molecule has 0 radical (unpaired) electrons. The average molecular weight is 407 g/mol. The van der Waals surface area contributed by atoms with Crippen molar-refractivity contribution in [2.24, 2.45) is 15.9 Å². The highest BCUT2D eigenvalue weighted by atomic mass is 16.2. The lowest BCUT2D eigenvalue weighted by Crippen LogP contribution is -2.45. The lowest BCUT2D eigenvalue weighted by molar-refractivity contribution is -0.135. The normalized spacial score (nSPS) is 23.4. The van der Waals surface area contributed by atoms with Gasteiger partial charge in [-0.3, -0.25) is 9.48 Å². The van der Waals surface area contributed by atoms with Crippen LogP contribution in [0.5, 0.6) is 0 Å². The van der Waals surface area contributed by atoms with E-state index in [1.54, 1.807) is 6.21 Å². The minimum absolute atomic E-state index is 0.0529. The van der Waals surface area contributed by atoms with Gasteiger partial charge in [0.1, 0.15) is 5.82 Å². The summed E-state index contributed by atoms with van der Waals surface area (Å²) in [7, 11) is 0. The maximum atomic E-state index is 13.2. The highest BCUT2D eigenvalue weighted by Crippen LogP contribution is 2.59. The minimum Gasteiger partial charge on any atom is -0.342 e. The van der Waals surface area contributed by atoms with Crippen LogP contribution in [-0.2, 0) is 11.3 Å². The Morgan fingerprint density at radius 3 is 2.83 bits per heavy atom. The van der Waals surface area contributed by atoms with E-state index >= 15 is 0 Å². The summed E-state index contributed by atoms with van der Waals surface area (Å²) in [5.41, 5.74) is 5.77. The molecular formula is C23H30N6O. The molecule has 1 fully saturated rings. The average Bonchev–Trinajstić information content (AvgIpc) is 3.36. The van der Waals surface area contributed by atoms with Gasteiger partial charge in [0, 0.05) is 24.2 Å². The predicted octanol–water partition coefficient (Wildman–Crippen LogP) is 4.15. The second-order valence-corrected chi connectivity index (χ2v) is 9.01. The summed E-state index contributed by atoms with van der Waals surface area (Å²) in [5, 5.41) is 8.64. The van der Waals surface area contributed by atoms with Gasteiger partial charge >= 0.3 is 0 Å². The Labute approximate surface area is 177 Å². The number of nitrogens with one attached hydrogen (secondary N) is 2. The van der Waals surface area contributed by atoms with Crippen molar-refractivity contribution in [3.05, 3.63) is 47.5 Å². The molecule has 1 aromatic carbocycles. The second kappa shape index (κ2) is 7.38. The zero-order valence-corrected chi connectivity index (χ0v) is 18.4. The van der Waals surface area contributed by atoms with Gasteiger partial charge in [0.05, 0.1) is 28.4 Å². The van der Waals surface area contributed by atoms with E-state index in [-0.39, 0.29) is 17.2 Å². The van der Waals surface area contributed by atoms with Crippen LogP contribution in [0.25, 0.3) is 11.0 Å². The van der Waals surface area contributed by atoms with Crippen LogP contribution in [0.3, 0.4) is 0 Å². The van der Waals surface area contributed by atoms with Crippen molar-refractivity contribution < 1.29 is 4.79 Å².